The second kappa shape index (κ2) is 10.9. The van der Waals surface area contributed by atoms with Gasteiger partial charge >= 0.3 is 0 Å². The lowest BCUT2D eigenvalue weighted by Gasteiger charge is -2.12. The molecule has 11 heteroatoms. The predicted octanol–water partition coefficient (Wildman–Crippen LogP) is 4.71. The van der Waals surface area contributed by atoms with Gasteiger partial charge in [0, 0.05) is 24.2 Å². The molecule has 0 saturated heterocycles. The van der Waals surface area contributed by atoms with Crippen LogP contribution in [-0.2, 0) is 0 Å². The number of benzene rings is 2. The maximum atomic E-state index is 13.3. The molecule has 0 aliphatic carbocycles. The minimum Gasteiger partial charge on any atom is -0.347 e. The lowest BCUT2D eigenvalue weighted by molar-refractivity contribution is 0.0935. The van der Waals surface area contributed by atoms with Gasteiger partial charge in [-0.15, -0.1) is 0 Å². The van der Waals surface area contributed by atoms with E-state index in [1.54, 1.807) is 31.2 Å². The van der Waals surface area contributed by atoms with E-state index in [-0.39, 0.29) is 39.7 Å². The van der Waals surface area contributed by atoms with Gasteiger partial charge in [-0.25, -0.2) is 9.07 Å². The Balaban J connectivity index is 1.70. The molecule has 0 aliphatic heterocycles. The van der Waals surface area contributed by atoms with Gasteiger partial charge in [-0.2, -0.15) is 5.10 Å². The van der Waals surface area contributed by atoms with E-state index >= 15 is 0 Å². The van der Waals surface area contributed by atoms with Crippen molar-refractivity contribution in [2.75, 3.05) is 11.9 Å². The smallest absolute Gasteiger partial charge is 0.272 e. The van der Waals surface area contributed by atoms with Crippen molar-refractivity contribution < 1.29 is 14.0 Å². The highest BCUT2D eigenvalue weighted by Crippen LogP contribution is 2.32. The highest BCUT2D eigenvalue weighted by molar-refractivity contribution is 6.38. The summed E-state index contributed by atoms with van der Waals surface area (Å²) in [4.78, 5) is 30.0. The minimum absolute atomic E-state index is 0.0906. The van der Waals surface area contributed by atoms with Crippen LogP contribution in [0.5, 0.6) is 0 Å². The van der Waals surface area contributed by atoms with Gasteiger partial charge in [0.25, 0.3) is 11.8 Å². The van der Waals surface area contributed by atoms with E-state index in [2.05, 4.69) is 20.7 Å². The van der Waals surface area contributed by atoms with Gasteiger partial charge in [0.2, 0.25) is 0 Å². The number of carbonyl (C=O) groups is 2. The molecule has 0 bridgehead atoms. The molecular formula is C25H21Cl2FN6O2. The van der Waals surface area contributed by atoms with Gasteiger partial charge in [-0.3, -0.25) is 14.6 Å². The van der Waals surface area contributed by atoms with Crippen molar-refractivity contribution in [2.45, 2.75) is 13.0 Å². The maximum absolute atomic E-state index is 13.3. The standard InChI is InChI=1S/C25H21Cl2FN6O2/c1-14(12-29)31-25(36)22-11-23(34(33-22)16-5-3-2-4-6-16)32-24(35)18-9-17(19(26)10-20(18)27)21-8-7-15(28)13-30-21/h2-11,13-14H,12,29H2,1H3,(H,31,36)(H,32,35)/t14-/m1/s1. The number of carbonyl (C=O) groups excluding carboxylic acids is 2. The maximum Gasteiger partial charge on any atom is 0.272 e. The second-order valence-corrected chi connectivity index (χ2v) is 8.71. The normalized spacial score (nSPS) is 11.7. The molecule has 2 aromatic heterocycles. The zero-order valence-corrected chi connectivity index (χ0v) is 20.5. The number of rotatable bonds is 7. The molecule has 0 radical (unpaired) electrons. The van der Waals surface area contributed by atoms with Crippen LogP contribution in [0.1, 0.15) is 27.8 Å². The number of nitrogens with one attached hydrogen (secondary N) is 2. The molecule has 8 nitrogen and oxygen atoms in total. The molecule has 4 rings (SSSR count). The first-order chi connectivity index (χ1) is 17.3. The number of hydrogen-bond donors (Lipinski definition) is 3. The first-order valence-electron chi connectivity index (χ1n) is 10.9. The van der Waals surface area contributed by atoms with Gasteiger partial charge in [-0.05, 0) is 43.3 Å². The largest absolute Gasteiger partial charge is 0.347 e. The second-order valence-electron chi connectivity index (χ2n) is 7.90. The van der Waals surface area contributed by atoms with Crippen LogP contribution in [0.3, 0.4) is 0 Å². The third-order valence-electron chi connectivity index (χ3n) is 5.22. The zero-order valence-electron chi connectivity index (χ0n) is 19.0. The molecule has 0 aliphatic rings. The molecule has 184 valence electrons. The first kappa shape index (κ1) is 25.3. The highest BCUT2D eigenvalue weighted by Gasteiger charge is 2.21. The van der Waals surface area contributed by atoms with Crippen molar-refractivity contribution in [1.29, 1.82) is 0 Å². The molecule has 2 heterocycles. The first-order valence-corrected chi connectivity index (χ1v) is 11.6. The van der Waals surface area contributed by atoms with Crippen LogP contribution in [0.4, 0.5) is 10.2 Å². The van der Waals surface area contributed by atoms with Crippen LogP contribution >= 0.6 is 23.2 Å². The van der Waals surface area contributed by atoms with Gasteiger partial charge < -0.3 is 16.4 Å². The molecule has 2 amide bonds. The van der Waals surface area contributed by atoms with E-state index in [1.165, 1.54) is 35.0 Å². The summed E-state index contributed by atoms with van der Waals surface area (Å²) in [6, 6.07) is 15.8. The van der Waals surface area contributed by atoms with E-state index in [0.717, 1.165) is 6.20 Å². The van der Waals surface area contributed by atoms with Gasteiger partial charge in [-0.1, -0.05) is 41.4 Å². The summed E-state index contributed by atoms with van der Waals surface area (Å²) in [5.41, 5.74) is 7.19. The van der Waals surface area contributed by atoms with E-state index in [4.69, 9.17) is 28.9 Å². The third kappa shape index (κ3) is 5.54. The van der Waals surface area contributed by atoms with Crippen molar-refractivity contribution in [3.63, 3.8) is 0 Å². The number of pyridine rings is 1. The summed E-state index contributed by atoms with van der Waals surface area (Å²) in [6.45, 7) is 2.03. The lowest BCUT2D eigenvalue weighted by Crippen LogP contribution is -2.38. The minimum atomic E-state index is -0.570. The molecule has 0 saturated carbocycles. The Morgan fingerprint density at radius 2 is 1.81 bits per heavy atom. The zero-order chi connectivity index (χ0) is 25.8. The third-order valence-corrected chi connectivity index (χ3v) is 5.85. The fourth-order valence-corrected chi connectivity index (χ4v) is 3.91. The van der Waals surface area contributed by atoms with Crippen LogP contribution in [0.15, 0.2) is 66.9 Å². The Morgan fingerprint density at radius 1 is 1.06 bits per heavy atom. The van der Waals surface area contributed by atoms with E-state index in [1.807, 2.05) is 6.07 Å². The monoisotopic (exact) mass is 526 g/mol. The highest BCUT2D eigenvalue weighted by atomic mass is 35.5. The summed E-state index contributed by atoms with van der Waals surface area (Å²) < 4.78 is 14.8. The van der Waals surface area contributed by atoms with Crippen molar-refractivity contribution in [3.05, 3.63) is 94.0 Å². The number of halogens is 3. The fourth-order valence-electron chi connectivity index (χ4n) is 3.34. The van der Waals surface area contributed by atoms with Crippen LogP contribution in [0, 0.1) is 5.82 Å². The number of hydrogen-bond acceptors (Lipinski definition) is 5. The Hall–Kier alpha value is -3.79. The fraction of sp³-hybridized carbons (Fsp3) is 0.120. The van der Waals surface area contributed by atoms with Crippen molar-refractivity contribution in [1.82, 2.24) is 20.1 Å². The van der Waals surface area contributed by atoms with E-state index in [9.17, 15) is 14.0 Å². The summed E-state index contributed by atoms with van der Waals surface area (Å²) in [7, 11) is 0. The summed E-state index contributed by atoms with van der Waals surface area (Å²) in [5, 5.41) is 10.2. The Bertz CT molecular complexity index is 1410. The molecule has 0 fully saturated rings. The molecule has 36 heavy (non-hydrogen) atoms. The van der Waals surface area contributed by atoms with Gasteiger partial charge in [0.05, 0.1) is 33.2 Å². The summed E-state index contributed by atoms with van der Waals surface area (Å²) in [5.74, 6) is -1.27. The van der Waals surface area contributed by atoms with Crippen LogP contribution < -0.4 is 16.4 Å². The molecule has 0 unspecified atom stereocenters. The molecule has 4 aromatic rings. The Kier molecular flexibility index (Phi) is 7.64. The van der Waals surface area contributed by atoms with Crippen molar-refractivity contribution >= 4 is 40.8 Å². The van der Waals surface area contributed by atoms with E-state index < -0.39 is 17.6 Å². The Morgan fingerprint density at radius 3 is 2.47 bits per heavy atom. The number of amides is 2. The number of nitrogens with two attached hydrogens (primary N) is 1. The molecule has 0 spiro atoms. The lowest BCUT2D eigenvalue weighted by atomic mass is 10.1. The molecule has 2 aromatic carbocycles. The van der Waals surface area contributed by atoms with Crippen molar-refractivity contribution in [2.24, 2.45) is 5.73 Å². The van der Waals surface area contributed by atoms with E-state index in [0.29, 0.717) is 16.9 Å². The quantitative estimate of drug-likeness (QED) is 0.322. The molecule has 4 N–H and O–H groups in total. The SMILES string of the molecule is C[C@H](CN)NC(=O)c1cc(NC(=O)c2cc(-c3ccc(F)cn3)c(Cl)cc2Cl)n(-c2ccccc2)n1. The van der Waals surface area contributed by atoms with Crippen molar-refractivity contribution in [3.8, 4) is 16.9 Å². The number of anilines is 1. The van der Waals surface area contributed by atoms with Gasteiger partial charge in [0.15, 0.2) is 5.69 Å². The average Bonchev–Trinajstić information content (AvgIpc) is 3.29. The molecule has 1 atom stereocenters. The molecular weight excluding hydrogens is 506 g/mol. The van der Waals surface area contributed by atoms with Crippen LogP contribution in [0.2, 0.25) is 10.0 Å². The van der Waals surface area contributed by atoms with Gasteiger partial charge in [0.1, 0.15) is 11.6 Å². The van der Waals surface area contributed by atoms with Crippen LogP contribution in [-0.4, -0.2) is 39.2 Å². The summed E-state index contributed by atoms with van der Waals surface area (Å²) >= 11 is 12.7. The number of nitrogens with zero attached hydrogens (tertiary/aromatic N) is 3. The number of para-hydroxylation sites is 1. The predicted molar refractivity (Wildman–Crippen MR) is 137 cm³/mol. The van der Waals surface area contributed by atoms with Crippen LogP contribution in [0.25, 0.3) is 16.9 Å². The topological polar surface area (TPSA) is 115 Å². The Labute approximate surface area is 216 Å². The number of aromatic nitrogens is 3. The average molecular weight is 527 g/mol. The summed E-state index contributed by atoms with van der Waals surface area (Å²) in [6.07, 6.45) is 1.05.